The minimum absolute atomic E-state index is 0.0782. The van der Waals surface area contributed by atoms with Crippen LogP contribution in [0, 0.1) is 12.8 Å². The zero-order valence-corrected chi connectivity index (χ0v) is 19.2. The summed E-state index contributed by atoms with van der Waals surface area (Å²) in [5, 5.41) is 4.82. The van der Waals surface area contributed by atoms with Gasteiger partial charge >= 0.3 is 5.97 Å². The Morgan fingerprint density at radius 2 is 1.97 bits per heavy atom. The predicted octanol–water partition coefficient (Wildman–Crippen LogP) is 3.58. The van der Waals surface area contributed by atoms with Gasteiger partial charge in [-0.25, -0.2) is 4.79 Å². The number of benzene rings is 1. The first-order valence-corrected chi connectivity index (χ1v) is 11.6. The van der Waals surface area contributed by atoms with Crippen LogP contribution in [0.5, 0.6) is 0 Å². The number of fused-ring (bicyclic) bond motifs is 3. The van der Waals surface area contributed by atoms with Gasteiger partial charge in [-0.15, -0.1) is 0 Å². The molecule has 1 amide bonds. The Morgan fingerprint density at radius 3 is 2.67 bits per heavy atom. The molecule has 2 fully saturated rings. The average molecular weight is 479 g/mol. The third-order valence-electron chi connectivity index (χ3n) is 6.90. The molecule has 1 aliphatic heterocycles. The number of halogens is 3. The van der Waals surface area contributed by atoms with E-state index < -0.39 is 17.8 Å². The maximum Gasteiger partial charge on any atom is 0.359 e. The van der Waals surface area contributed by atoms with E-state index in [1.807, 2.05) is 25.1 Å². The highest BCUT2D eigenvalue weighted by atomic mass is 35.5. The number of hydrogen-bond acceptors (Lipinski definition) is 5. The number of piperazine rings is 1. The van der Waals surface area contributed by atoms with E-state index in [4.69, 9.17) is 16.3 Å². The highest BCUT2D eigenvalue weighted by Crippen LogP contribution is 2.67. The summed E-state index contributed by atoms with van der Waals surface area (Å²) in [6.07, 6.45) is 0.330. The summed E-state index contributed by atoms with van der Waals surface area (Å²) < 4.78 is 35.9. The maximum absolute atomic E-state index is 14.9. The molecule has 0 N–H and O–H groups in total. The van der Waals surface area contributed by atoms with Crippen LogP contribution in [0.3, 0.4) is 0 Å². The Morgan fingerprint density at radius 1 is 1.24 bits per heavy atom. The van der Waals surface area contributed by atoms with Crippen molar-refractivity contribution in [3.8, 4) is 0 Å². The Kier molecular flexibility index (Phi) is 5.34. The van der Waals surface area contributed by atoms with E-state index in [0.29, 0.717) is 37.6 Å². The topological polar surface area (TPSA) is 67.7 Å². The molecule has 2 atom stereocenters. The van der Waals surface area contributed by atoms with Gasteiger partial charge in [-0.2, -0.15) is 13.9 Å². The average Bonchev–Trinajstić information content (AvgIpc) is 3.45. The minimum Gasteiger partial charge on any atom is -0.461 e. The summed E-state index contributed by atoms with van der Waals surface area (Å²) in [5.41, 5.74) is 1.90. The van der Waals surface area contributed by atoms with E-state index >= 15 is 0 Å². The van der Waals surface area contributed by atoms with E-state index in [9.17, 15) is 18.4 Å². The maximum atomic E-state index is 14.9. The van der Waals surface area contributed by atoms with Crippen LogP contribution in [0.1, 0.15) is 46.6 Å². The van der Waals surface area contributed by atoms with Crippen molar-refractivity contribution in [1.82, 2.24) is 14.7 Å². The summed E-state index contributed by atoms with van der Waals surface area (Å²) in [4.78, 5) is 29.2. The van der Waals surface area contributed by atoms with Crippen molar-refractivity contribution in [3.05, 3.63) is 45.7 Å². The highest BCUT2D eigenvalue weighted by Gasteiger charge is 2.67. The second-order valence-corrected chi connectivity index (χ2v) is 9.22. The van der Waals surface area contributed by atoms with Crippen LogP contribution in [0.2, 0.25) is 5.02 Å². The fourth-order valence-electron chi connectivity index (χ4n) is 5.10. The second kappa shape index (κ2) is 7.97. The van der Waals surface area contributed by atoms with Crippen molar-refractivity contribution >= 4 is 29.2 Å². The molecule has 1 unspecified atom stereocenters. The summed E-state index contributed by atoms with van der Waals surface area (Å²) in [5.74, 6) is -5.31. The van der Waals surface area contributed by atoms with Crippen LogP contribution >= 0.6 is 11.6 Å². The lowest BCUT2D eigenvalue weighted by Gasteiger charge is -2.37. The number of aromatic nitrogens is 2. The SMILES string of the molecule is CCOC(=O)c1nn(CC(=O)N2CCN(c3cccc(Cl)c3C)CC2)c2c1[C@H]1CC1C2(F)F. The van der Waals surface area contributed by atoms with Gasteiger partial charge in [-0.05, 0) is 43.9 Å². The van der Waals surface area contributed by atoms with Gasteiger partial charge in [0.1, 0.15) is 12.2 Å². The molecule has 2 aliphatic carbocycles. The largest absolute Gasteiger partial charge is 0.461 e. The van der Waals surface area contributed by atoms with Gasteiger partial charge in [0.15, 0.2) is 5.69 Å². The molecule has 1 saturated heterocycles. The molecule has 0 spiro atoms. The Labute approximate surface area is 195 Å². The van der Waals surface area contributed by atoms with E-state index in [0.717, 1.165) is 15.9 Å². The predicted molar refractivity (Wildman–Crippen MR) is 118 cm³/mol. The number of esters is 1. The first-order chi connectivity index (χ1) is 15.7. The summed E-state index contributed by atoms with van der Waals surface area (Å²) in [6.45, 7) is 5.54. The Hall–Kier alpha value is -2.68. The fraction of sp³-hybridized carbons (Fsp3) is 0.522. The van der Waals surface area contributed by atoms with Gasteiger partial charge in [-0.3, -0.25) is 9.48 Å². The first-order valence-electron chi connectivity index (χ1n) is 11.2. The van der Waals surface area contributed by atoms with E-state index in [1.54, 1.807) is 11.8 Å². The van der Waals surface area contributed by atoms with Gasteiger partial charge in [0.25, 0.3) is 5.92 Å². The molecule has 3 aliphatic rings. The molecule has 0 bridgehead atoms. The number of anilines is 1. The van der Waals surface area contributed by atoms with Crippen molar-refractivity contribution in [3.63, 3.8) is 0 Å². The van der Waals surface area contributed by atoms with Gasteiger partial charge < -0.3 is 14.5 Å². The Balaban J connectivity index is 1.32. The van der Waals surface area contributed by atoms with E-state index in [2.05, 4.69) is 10.00 Å². The molecule has 176 valence electrons. The molecule has 10 heteroatoms. The standard InChI is InChI=1S/C23H25ClF2N4O3/c1-3-33-22(32)20-19-14-11-15(14)23(25,26)21(19)30(27-20)12-18(31)29-9-7-28(8-10-29)17-6-4-5-16(24)13(17)2/h4-6,14-15H,3,7-12H2,1-2H3/t14-,15?/m0/s1. The van der Waals surface area contributed by atoms with E-state index in [-0.39, 0.29) is 41.9 Å². The molecular weight excluding hydrogens is 454 g/mol. The molecule has 2 heterocycles. The van der Waals surface area contributed by atoms with Crippen LogP contribution in [0.15, 0.2) is 18.2 Å². The van der Waals surface area contributed by atoms with Crippen molar-refractivity contribution < 1.29 is 23.1 Å². The number of ether oxygens (including phenoxy) is 1. The highest BCUT2D eigenvalue weighted by molar-refractivity contribution is 6.31. The molecule has 1 aromatic carbocycles. The van der Waals surface area contributed by atoms with Gasteiger partial charge in [0.2, 0.25) is 5.91 Å². The van der Waals surface area contributed by atoms with Crippen molar-refractivity contribution in [1.29, 1.82) is 0 Å². The summed E-state index contributed by atoms with van der Waals surface area (Å²) >= 11 is 6.23. The third-order valence-corrected chi connectivity index (χ3v) is 7.31. The summed E-state index contributed by atoms with van der Waals surface area (Å²) in [6, 6.07) is 5.73. The Bertz CT molecular complexity index is 1130. The lowest BCUT2D eigenvalue weighted by molar-refractivity contribution is -0.132. The second-order valence-electron chi connectivity index (χ2n) is 8.81. The molecule has 1 aromatic heterocycles. The number of carbonyl (C=O) groups excluding carboxylic acids is 2. The number of amides is 1. The van der Waals surface area contributed by atoms with Gasteiger partial charge in [0, 0.05) is 48.4 Å². The van der Waals surface area contributed by atoms with Crippen molar-refractivity contribution in [2.45, 2.75) is 38.7 Å². The fourth-order valence-corrected chi connectivity index (χ4v) is 5.27. The number of carbonyl (C=O) groups is 2. The number of rotatable bonds is 5. The first kappa shape index (κ1) is 22.1. The molecule has 0 radical (unpaired) electrons. The lowest BCUT2D eigenvalue weighted by Crippen LogP contribution is -2.50. The van der Waals surface area contributed by atoms with Gasteiger partial charge in [0.05, 0.1) is 6.61 Å². The van der Waals surface area contributed by atoms with Crippen LogP contribution in [0.25, 0.3) is 0 Å². The molecule has 1 saturated carbocycles. The third kappa shape index (κ3) is 3.57. The smallest absolute Gasteiger partial charge is 0.359 e. The molecule has 7 nitrogen and oxygen atoms in total. The number of hydrogen-bond donors (Lipinski definition) is 0. The zero-order valence-electron chi connectivity index (χ0n) is 18.5. The normalized spacial score (nSPS) is 22.7. The number of nitrogens with zero attached hydrogens (tertiary/aromatic N) is 4. The van der Waals surface area contributed by atoms with Crippen LogP contribution in [-0.2, 0) is 22.0 Å². The number of alkyl halides is 2. The van der Waals surface area contributed by atoms with E-state index in [1.165, 1.54) is 0 Å². The van der Waals surface area contributed by atoms with Crippen LogP contribution < -0.4 is 4.90 Å². The van der Waals surface area contributed by atoms with Crippen LogP contribution in [-0.4, -0.2) is 59.3 Å². The molecule has 2 aromatic rings. The van der Waals surface area contributed by atoms with Crippen molar-refractivity contribution in [2.24, 2.45) is 5.92 Å². The molecule has 33 heavy (non-hydrogen) atoms. The quantitative estimate of drug-likeness (QED) is 0.614. The van der Waals surface area contributed by atoms with Crippen LogP contribution in [0.4, 0.5) is 14.5 Å². The zero-order chi connectivity index (χ0) is 23.5. The lowest BCUT2D eigenvalue weighted by atomic mass is 10.1. The minimum atomic E-state index is -3.10. The monoisotopic (exact) mass is 478 g/mol. The van der Waals surface area contributed by atoms with Crippen molar-refractivity contribution in [2.75, 3.05) is 37.7 Å². The molecule has 5 rings (SSSR count). The summed E-state index contributed by atoms with van der Waals surface area (Å²) in [7, 11) is 0. The molecular formula is C23H25ClF2N4O3. The van der Waals surface area contributed by atoms with Gasteiger partial charge in [-0.1, -0.05) is 17.7 Å².